The maximum absolute atomic E-state index is 11.6. The number of aryl methyl sites for hydroxylation is 1. The van der Waals surface area contributed by atoms with Crippen LogP contribution in [0, 0.1) is 6.92 Å². The van der Waals surface area contributed by atoms with Crippen LogP contribution in [0.3, 0.4) is 0 Å². The number of hydrogen-bond donors (Lipinski definition) is 0. The first-order valence-electron chi connectivity index (χ1n) is 3.96. The van der Waals surface area contributed by atoms with E-state index in [0.29, 0.717) is 16.5 Å². The predicted molar refractivity (Wildman–Crippen MR) is 56.6 cm³/mol. The Balaban J connectivity index is 2.97. The van der Waals surface area contributed by atoms with Gasteiger partial charge in [0.1, 0.15) is 5.58 Å². The van der Waals surface area contributed by atoms with Crippen molar-refractivity contribution in [1.82, 2.24) is 0 Å². The molecule has 0 saturated carbocycles. The van der Waals surface area contributed by atoms with Crippen LogP contribution in [0.25, 0.3) is 11.0 Å². The normalized spacial score (nSPS) is 10.6. The summed E-state index contributed by atoms with van der Waals surface area (Å²) in [4.78, 5) is 11.6. The summed E-state index contributed by atoms with van der Waals surface area (Å²) in [6.45, 7) is 1.75. The molecule has 13 heavy (non-hydrogen) atoms. The van der Waals surface area contributed by atoms with Crippen molar-refractivity contribution in [2.75, 3.05) is 0 Å². The summed E-state index contributed by atoms with van der Waals surface area (Å²) in [7, 11) is 2.56. The van der Waals surface area contributed by atoms with Gasteiger partial charge in [0.15, 0.2) is 5.43 Å². The van der Waals surface area contributed by atoms with Gasteiger partial charge in [0, 0.05) is 5.56 Å². The van der Waals surface area contributed by atoms with Crippen LogP contribution in [-0.2, 0) is 0 Å². The van der Waals surface area contributed by atoms with Crippen molar-refractivity contribution in [2.45, 2.75) is 6.92 Å². The average molecular weight is 192 g/mol. The lowest BCUT2D eigenvalue weighted by molar-refractivity contribution is 0.597. The molecule has 0 N–H and O–H groups in total. The van der Waals surface area contributed by atoms with Gasteiger partial charge in [-0.15, -0.1) is 9.24 Å². The van der Waals surface area contributed by atoms with Crippen LogP contribution in [0.4, 0.5) is 0 Å². The molecule has 2 rings (SSSR count). The van der Waals surface area contributed by atoms with E-state index in [1.54, 1.807) is 13.0 Å². The van der Waals surface area contributed by atoms with Crippen molar-refractivity contribution >= 4 is 25.5 Å². The molecule has 1 aromatic carbocycles. The van der Waals surface area contributed by atoms with Gasteiger partial charge in [-0.3, -0.25) is 4.79 Å². The molecule has 1 heterocycles. The fourth-order valence-corrected chi connectivity index (χ4v) is 1.51. The summed E-state index contributed by atoms with van der Waals surface area (Å²) < 4.78 is 5.27. The molecule has 0 aliphatic rings. The molecule has 0 aliphatic carbocycles. The Kier molecular flexibility index (Phi) is 1.93. The molecule has 66 valence electrons. The van der Waals surface area contributed by atoms with Crippen molar-refractivity contribution in [3.8, 4) is 0 Å². The van der Waals surface area contributed by atoms with Crippen molar-refractivity contribution in [3.63, 3.8) is 0 Å². The molecule has 0 radical (unpaired) electrons. The second-order valence-electron chi connectivity index (χ2n) is 3.00. The van der Waals surface area contributed by atoms with Gasteiger partial charge < -0.3 is 4.42 Å². The maximum atomic E-state index is 11.6. The molecule has 2 nitrogen and oxygen atoms in total. The first kappa shape index (κ1) is 8.46. The molecule has 0 aliphatic heterocycles. The summed E-state index contributed by atoms with van der Waals surface area (Å²) >= 11 is 0. The van der Waals surface area contributed by atoms with E-state index in [4.69, 9.17) is 4.42 Å². The standard InChI is InChI=1S/C10H9O2P/c1-6-5-12-9-3-2-7(13)4-8(9)10(6)11/h2-5H,13H2,1H3. The number of hydrogen-bond acceptors (Lipinski definition) is 2. The summed E-state index contributed by atoms with van der Waals surface area (Å²) in [6.07, 6.45) is 1.49. The minimum Gasteiger partial charge on any atom is -0.464 e. The zero-order valence-corrected chi connectivity index (χ0v) is 8.36. The highest BCUT2D eigenvalue weighted by atomic mass is 31.0. The first-order chi connectivity index (χ1) is 6.18. The molecule has 1 aromatic heterocycles. The van der Waals surface area contributed by atoms with Crippen molar-refractivity contribution in [3.05, 3.63) is 40.2 Å². The molecular weight excluding hydrogens is 183 g/mol. The molecule has 0 amide bonds. The maximum Gasteiger partial charge on any atom is 0.195 e. The second kappa shape index (κ2) is 2.97. The monoisotopic (exact) mass is 192 g/mol. The summed E-state index contributed by atoms with van der Waals surface area (Å²) in [5.41, 5.74) is 1.33. The Bertz CT molecular complexity index is 509. The predicted octanol–water partition coefficient (Wildman–Crippen LogP) is 1.60. The number of fused-ring (bicyclic) bond motifs is 1. The fraction of sp³-hybridized carbons (Fsp3) is 0.100. The highest BCUT2D eigenvalue weighted by Gasteiger charge is 2.02. The van der Waals surface area contributed by atoms with Gasteiger partial charge in [0.2, 0.25) is 0 Å². The molecule has 0 spiro atoms. The summed E-state index contributed by atoms with van der Waals surface area (Å²) in [6, 6.07) is 5.52. The summed E-state index contributed by atoms with van der Waals surface area (Å²) in [5.74, 6) is 0. The van der Waals surface area contributed by atoms with Crippen LogP contribution in [0.5, 0.6) is 0 Å². The second-order valence-corrected chi connectivity index (χ2v) is 3.67. The van der Waals surface area contributed by atoms with Crippen LogP contribution in [0.2, 0.25) is 0 Å². The SMILES string of the molecule is Cc1coc2ccc(P)cc2c1=O. The quantitative estimate of drug-likeness (QED) is 0.593. The van der Waals surface area contributed by atoms with E-state index in [2.05, 4.69) is 9.24 Å². The van der Waals surface area contributed by atoms with Crippen LogP contribution >= 0.6 is 9.24 Å². The van der Waals surface area contributed by atoms with E-state index in [1.165, 1.54) is 6.26 Å². The Morgan fingerprint density at radius 2 is 2.15 bits per heavy atom. The molecule has 0 saturated heterocycles. The van der Waals surface area contributed by atoms with Crippen molar-refractivity contribution in [2.24, 2.45) is 0 Å². The lowest BCUT2D eigenvalue weighted by atomic mass is 10.2. The highest BCUT2D eigenvalue weighted by Crippen LogP contribution is 2.09. The molecule has 1 unspecified atom stereocenters. The third-order valence-corrected chi connectivity index (χ3v) is 2.33. The molecule has 1 atom stereocenters. The third kappa shape index (κ3) is 1.38. The van der Waals surface area contributed by atoms with Gasteiger partial charge in [-0.2, -0.15) is 0 Å². The van der Waals surface area contributed by atoms with Gasteiger partial charge in [0.05, 0.1) is 11.6 Å². The molecule has 3 heteroatoms. The molecule has 2 aromatic rings. The third-order valence-electron chi connectivity index (χ3n) is 1.97. The lowest BCUT2D eigenvalue weighted by Gasteiger charge is -1.98. The Labute approximate surface area is 77.8 Å². The van der Waals surface area contributed by atoms with Crippen LogP contribution in [-0.4, -0.2) is 0 Å². The van der Waals surface area contributed by atoms with Crippen molar-refractivity contribution in [1.29, 1.82) is 0 Å². The average Bonchev–Trinajstić information content (AvgIpc) is 2.12. The minimum absolute atomic E-state index is 0.0468. The smallest absolute Gasteiger partial charge is 0.195 e. The van der Waals surface area contributed by atoms with E-state index in [1.807, 2.05) is 12.1 Å². The van der Waals surface area contributed by atoms with Crippen LogP contribution in [0.1, 0.15) is 5.56 Å². The van der Waals surface area contributed by atoms with Crippen LogP contribution in [0.15, 0.2) is 33.7 Å². The number of rotatable bonds is 0. The van der Waals surface area contributed by atoms with Crippen molar-refractivity contribution < 1.29 is 4.42 Å². The van der Waals surface area contributed by atoms with Gasteiger partial charge in [0.25, 0.3) is 0 Å². The highest BCUT2D eigenvalue weighted by molar-refractivity contribution is 7.27. The van der Waals surface area contributed by atoms with E-state index >= 15 is 0 Å². The van der Waals surface area contributed by atoms with Gasteiger partial charge in [-0.1, -0.05) is 6.07 Å². The van der Waals surface area contributed by atoms with E-state index in [0.717, 1.165) is 5.30 Å². The van der Waals surface area contributed by atoms with E-state index in [-0.39, 0.29) is 5.43 Å². The molecular formula is C10H9O2P. The van der Waals surface area contributed by atoms with Crippen LogP contribution < -0.4 is 10.7 Å². The zero-order valence-electron chi connectivity index (χ0n) is 7.20. The summed E-state index contributed by atoms with van der Waals surface area (Å²) in [5, 5.41) is 1.64. The Morgan fingerprint density at radius 3 is 2.92 bits per heavy atom. The zero-order chi connectivity index (χ0) is 9.42. The van der Waals surface area contributed by atoms with E-state index < -0.39 is 0 Å². The fourth-order valence-electron chi connectivity index (χ4n) is 1.25. The Hall–Kier alpha value is -1.14. The lowest BCUT2D eigenvalue weighted by Crippen LogP contribution is -2.06. The van der Waals surface area contributed by atoms with E-state index in [9.17, 15) is 4.79 Å². The Morgan fingerprint density at radius 1 is 1.38 bits per heavy atom. The van der Waals surface area contributed by atoms with Gasteiger partial charge in [-0.25, -0.2) is 0 Å². The van der Waals surface area contributed by atoms with Gasteiger partial charge >= 0.3 is 0 Å². The topological polar surface area (TPSA) is 30.2 Å². The first-order valence-corrected chi connectivity index (χ1v) is 4.54. The number of benzene rings is 1. The molecule has 0 bridgehead atoms. The van der Waals surface area contributed by atoms with Gasteiger partial charge in [-0.05, 0) is 24.4 Å². The molecule has 0 fully saturated rings. The minimum atomic E-state index is 0.0468. The largest absolute Gasteiger partial charge is 0.464 e.